The van der Waals surface area contributed by atoms with Gasteiger partial charge in [0.2, 0.25) is 5.91 Å². The first kappa shape index (κ1) is 16.8. The monoisotopic (exact) mass is 348 g/mol. The molecule has 3 saturated heterocycles. The van der Waals surface area contributed by atoms with Crippen molar-refractivity contribution in [2.75, 3.05) is 63.9 Å². The Morgan fingerprint density at radius 1 is 1.12 bits per heavy atom. The van der Waals surface area contributed by atoms with E-state index in [0.29, 0.717) is 12.6 Å². The first-order valence-electron chi connectivity index (χ1n) is 9.02. The van der Waals surface area contributed by atoms with Crippen molar-refractivity contribution in [1.29, 1.82) is 0 Å². The number of nitrogens with one attached hydrogen (secondary N) is 1. The number of hydrogen-bond donors (Lipinski definition) is 1. The van der Waals surface area contributed by atoms with Crippen molar-refractivity contribution in [2.24, 2.45) is 0 Å². The van der Waals surface area contributed by atoms with Crippen molar-refractivity contribution in [2.45, 2.75) is 12.1 Å². The zero-order chi connectivity index (χ0) is 17.2. The van der Waals surface area contributed by atoms with Gasteiger partial charge < -0.3 is 15.0 Å². The van der Waals surface area contributed by atoms with E-state index in [2.05, 4.69) is 20.0 Å². The third kappa shape index (κ3) is 3.94. The molecule has 1 N–H and O–H groups in total. The minimum absolute atomic E-state index is 0.0169. The fraction of sp³-hybridized carbons (Fsp3) is 0.611. The molecule has 3 aliphatic heterocycles. The Bertz CT molecular complexity index is 588. The first-order chi connectivity index (χ1) is 12.2. The third-order valence-electron chi connectivity index (χ3n) is 5.40. The van der Waals surface area contributed by atoms with Gasteiger partial charge in [-0.2, -0.15) is 0 Å². The molecule has 0 spiro atoms. The number of amides is 1. The van der Waals surface area contributed by atoms with Crippen LogP contribution in [0.5, 0.6) is 0 Å². The highest BCUT2D eigenvalue weighted by molar-refractivity contribution is 5.77. The summed E-state index contributed by atoms with van der Waals surface area (Å²) in [6.45, 7) is 7.92. The number of morpholine rings is 1. The van der Waals surface area contributed by atoms with Crippen LogP contribution in [0.3, 0.4) is 0 Å². The number of nitrogens with zero attached hydrogens (tertiary/aromatic N) is 3. The molecule has 136 valence electrons. The Morgan fingerprint density at radius 3 is 2.48 bits per heavy atom. The van der Waals surface area contributed by atoms with Crippen LogP contribution in [0.15, 0.2) is 24.3 Å². The Balaban J connectivity index is 1.18. The highest BCUT2D eigenvalue weighted by Gasteiger charge is 2.35. The second-order valence-corrected chi connectivity index (χ2v) is 7.11. The zero-order valence-electron chi connectivity index (χ0n) is 14.4. The van der Waals surface area contributed by atoms with Crippen molar-refractivity contribution in [3.63, 3.8) is 0 Å². The van der Waals surface area contributed by atoms with Gasteiger partial charge >= 0.3 is 0 Å². The van der Waals surface area contributed by atoms with Gasteiger partial charge in [-0.25, -0.2) is 4.39 Å². The predicted octanol–water partition coefficient (Wildman–Crippen LogP) is 0.147. The van der Waals surface area contributed by atoms with Gasteiger partial charge in [0.05, 0.1) is 6.10 Å². The molecule has 4 rings (SSSR count). The highest BCUT2D eigenvalue weighted by Crippen LogP contribution is 2.21. The fourth-order valence-electron chi connectivity index (χ4n) is 3.86. The first-order valence-corrected chi connectivity index (χ1v) is 9.02. The number of carbonyl (C=O) groups excluding carboxylic acids is 1. The molecule has 7 heteroatoms. The van der Waals surface area contributed by atoms with Gasteiger partial charge in [-0.05, 0) is 24.3 Å². The van der Waals surface area contributed by atoms with E-state index in [1.54, 1.807) is 0 Å². The summed E-state index contributed by atoms with van der Waals surface area (Å²) in [7, 11) is 0. The standard InChI is InChI=1S/C18H25FN4O2/c19-14-1-3-15(4-2-14)22-5-7-23(8-6-22)16-10-21(11-16)12-17-9-20-18(24)13-25-17/h1-4,16-17H,5-13H2,(H,20,24). The zero-order valence-corrected chi connectivity index (χ0v) is 14.4. The molecule has 3 heterocycles. The van der Waals surface area contributed by atoms with Crippen LogP contribution in [0.25, 0.3) is 0 Å². The van der Waals surface area contributed by atoms with E-state index in [4.69, 9.17) is 4.74 Å². The number of likely N-dealkylation sites (tertiary alicyclic amines) is 1. The number of rotatable bonds is 4. The number of piperazine rings is 1. The summed E-state index contributed by atoms with van der Waals surface area (Å²) in [5.41, 5.74) is 1.10. The molecule has 0 aliphatic carbocycles. The molecule has 1 unspecified atom stereocenters. The van der Waals surface area contributed by atoms with Gasteiger partial charge in [-0.15, -0.1) is 0 Å². The maximum absolute atomic E-state index is 13.0. The normalized spacial score (nSPS) is 26.4. The second kappa shape index (κ2) is 7.27. The maximum Gasteiger partial charge on any atom is 0.246 e. The number of halogens is 1. The molecule has 1 aromatic rings. The highest BCUT2D eigenvalue weighted by atomic mass is 19.1. The van der Waals surface area contributed by atoms with Crippen LogP contribution in [0.1, 0.15) is 0 Å². The van der Waals surface area contributed by atoms with Gasteiger partial charge in [-0.3, -0.25) is 14.6 Å². The number of anilines is 1. The lowest BCUT2D eigenvalue weighted by atomic mass is 10.0. The Kier molecular flexibility index (Phi) is 4.87. The predicted molar refractivity (Wildman–Crippen MR) is 93.2 cm³/mol. The van der Waals surface area contributed by atoms with E-state index >= 15 is 0 Å². The molecule has 25 heavy (non-hydrogen) atoms. The van der Waals surface area contributed by atoms with Crippen molar-refractivity contribution in [1.82, 2.24) is 15.1 Å². The summed E-state index contributed by atoms with van der Waals surface area (Å²) < 4.78 is 18.6. The van der Waals surface area contributed by atoms with Crippen molar-refractivity contribution in [3.8, 4) is 0 Å². The number of carbonyl (C=O) groups is 1. The Labute approximate surface area is 147 Å². The van der Waals surface area contributed by atoms with E-state index in [-0.39, 0.29) is 24.4 Å². The summed E-state index contributed by atoms with van der Waals surface area (Å²) in [4.78, 5) is 18.4. The third-order valence-corrected chi connectivity index (χ3v) is 5.40. The van der Waals surface area contributed by atoms with E-state index in [9.17, 15) is 9.18 Å². The van der Waals surface area contributed by atoms with Crippen LogP contribution in [-0.4, -0.2) is 86.8 Å². The Morgan fingerprint density at radius 2 is 1.84 bits per heavy atom. The van der Waals surface area contributed by atoms with Crippen molar-refractivity contribution >= 4 is 11.6 Å². The quantitative estimate of drug-likeness (QED) is 0.839. The van der Waals surface area contributed by atoms with Gasteiger partial charge in [-0.1, -0.05) is 0 Å². The summed E-state index contributed by atoms with van der Waals surface area (Å²) >= 11 is 0. The van der Waals surface area contributed by atoms with Crippen LogP contribution < -0.4 is 10.2 Å². The molecule has 6 nitrogen and oxygen atoms in total. The van der Waals surface area contributed by atoms with Gasteiger partial charge in [0.15, 0.2) is 0 Å². The van der Waals surface area contributed by atoms with Crippen LogP contribution in [0.4, 0.5) is 10.1 Å². The molecule has 1 amide bonds. The molecule has 0 radical (unpaired) electrons. The molecule has 0 bridgehead atoms. The smallest absolute Gasteiger partial charge is 0.246 e. The van der Waals surface area contributed by atoms with Gasteiger partial charge in [0.1, 0.15) is 12.4 Å². The van der Waals surface area contributed by atoms with Crippen LogP contribution >= 0.6 is 0 Å². The summed E-state index contributed by atoms with van der Waals surface area (Å²) in [5, 5.41) is 2.85. The van der Waals surface area contributed by atoms with E-state index in [1.165, 1.54) is 12.1 Å². The van der Waals surface area contributed by atoms with Crippen molar-refractivity contribution in [3.05, 3.63) is 30.1 Å². The molecule has 0 aromatic heterocycles. The summed E-state index contributed by atoms with van der Waals surface area (Å²) in [6, 6.07) is 7.40. The number of benzene rings is 1. The maximum atomic E-state index is 13.0. The lowest BCUT2D eigenvalue weighted by molar-refractivity contribution is -0.134. The molecule has 3 aliphatic rings. The van der Waals surface area contributed by atoms with E-state index in [1.807, 2.05) is 12.1 Å². The minimum Gasteiger partial charge on any atom is -0.369 e. The van der Waals surface area contributed by atoms with E-state index in [0.717, 1.165) is 51.5 Å². The molecule has 1 aromatic carbocycles. The summed E-state index contributed by atoms with van der Waals surface area (Å²) in [5.74, 6) is -0.199. The van der Waals surface area contributed by atoms with Gasteiger partial charge in [0, 0.05) is 64.1 Å². The second-order valence-electron chi connectivity index (χ2n) is 7.11. The molecule has 0 saturated carbocycles. The topological polar surface area (TPSA) is 48.1 Å². The largest absolute Gasteiger partial charge is 0.369 e. The molecule has 1 atom stereocenters. The molecular weight excluding hydrogens is 323 g/mol. The average molecular weight is 348 g/mol. The van der Waals surface area contributed by atoms with Gasteiger partial charge in [0.25, 0.3) is 0 Å². The van der Waals surface area contributed by atoms with Crippen LogP contribution in [0.2, 0.25) is 0 Å². The average Bonchev–Trinajstić information content (AvgIpc) is 2.60. The van der Waals surface area contributed by atoms with Crippen molar-refractivity contribution < 1.29 is 13.9 Å². The Hall–Kier alpha value is -1.70. The lowest BCUT2D eigenvalue weighted by Crippen LogP contribution is -2.64. The van der Waals surface area contributed by atoms with E-state index < -0.39 is 0 Å². The lowest BCUT2D eigenvalue weighted by Gasteiger charge is -2.49. The fourth-order valence-corrected chi connectivity index (χ4v) is 3.86. The van der Waals surface area contributed by atoms with Crippen LogP contribution in [-0.2, 0) is 9.53 Å². The number of hydrogen-bond acceptors (Lipinski definition) is 5. The molecule has 3 fully saturated rings. The molecular formula is C18H25FN4O2. The minimum atomic E-state index is -0.182. The summed E-state index contributed by atoms with van der Waals surface area (Å²) in [6.07, 6.45) is 0.119. The van der Waals surface area contributed by atoms with Crippen LogP contribution in [0, 0.1) is 5.82 Å². The number of ether oxygens (including phenoxy) is 1. The SMILES string of the molecule is O=C1COC(CN2CC(N3CCN(c4ccc(F)cc4)CC3)C2)CN1.